The number of ether oxygens (including phenoxy) is 1. The summed E-state index contributed by atoms with van der Waals surface area (Å²) in [6.07, 6.45) is 0. The third-order valence-corrected chi connectivity index (χ3v) is 6.58. The number of hydrogen-bond acceptors (Lipinski definition) is 4. The summed E-state index contributed by atoms with van der Waals surface area (Å²) in [6, 6.07) is 9.08. The lowest BCUT2D eigenvalue weighted by atomic mass is 10.3. The number of fused-ring (bicyclic) bond motifs is 1. The normalized spacial score (nSPS) is 12.1. The Kier molecular flexibility index (Phi) is 5.55. The van der Waals surface area contributed by atoms with Gasteiger partial charge in [0.05, 0.1) is 20.4 Å². The zero-order chi connectivity index (χ0) is 19.8. The average Bonchev–Trinajstić information content (AvgIpc) is 2.97. The molecular weight excluding hydrogens is 437 g/mol. The summed E-state index contributed by atoms with van der Waals surface area (Å²) in [4.78, 5) is 4.73. The van der Waals surface area contributed by atoms with Crippen LogP contribution >= 0.6 is 15.9 Å². The topological polar surface area (TPSA) is 64.4 Å². The SMILES string of the molecule is CCn1c(COc2ccc(F)cc2Br)nc2cc(S(=O)(=O)N(C)C)ccc21. The van der Waals surface area contributed by atoms with Crippen molar-refractivity contribution in [2.75, 3.05) is 14.1 Å². The molecule has 6 nitrogen and oxygen atoms in total. The van der Waals surface area contributed by atoms with Crippen LogP contribution in [0.5, 0.6) is 5.75 Å². The molecule has 0 fully saturated rings. The predicted octanol–water partition coefficient (Wildman–Crippen LogP) is 3.79. The third-order valence-electron chi connectivity index (χ3n) is 4.14. The van der Waals surface area contributed by atoms with Crippen LogP contribution in [0.2, 0.25) is 0 Å². The third kappa shape index (κ3) is 3.85. The second-order valence-electron chi connectivity index (χ2n) is 6.07. The first-order chi connectivity index (χ1) is 12.7. The fourth-order valence-corrected chi connectivity index (χ4v) is 4.12. The van der Waals surface area contributed by atoms with Gasteiger partial charge in [0.1, 0.15) is 24.0 Å². The number of aryl methyl sites for hydroxylation is 1. The van der Waals surface area contributed by atoms with Crippen molar-refractivity contribution in [3.8, 4) is 5.75 Å². The molecule has 1 heterocycles. The van der Waals surface area contributed by atoms with Crippen molar-refractivity contribution in [3.63, 3.8) is 0 Å². The van der Waals surface area contributed by atoms with Crippen LogP contribution in [0.15, 0.2) is 45.8 Å². The summed E-state index contributed by atoms with van der Waals surface area (Å²) in [5, 5.41) is 0. The fourth-order valence-electron chi connectivity index (χ4n) is 2.73. The maximum Gasteiger partial charge on any atom is 0.242 e. The molecule has 0 saturated heterocycles. The maximum absolute atomic E-state index is 13.2. The van der Waals surface area contributed by atoms with Gasteiger partial charge >= 0.3 is 0 Å². The average molecular weight is 456 g/mol. The molecule has 0 amide bonds. The first-order valence-electron chi connectivity index (χ1n) is 8.23. The Morgan fingerprint density at radius 1 is 1.22 bits per heavy atom. The van der Waals surface area contributed by atoms with E-state index < -0.39 is 10.0 Å². The minimum Gasteiger partial charge on any atom is -0.484 e. The smallest absolute Gasteiger partial charge is 0.242 e. The van der Waals surface area contributed by atoms with E-state index in [1.807, 2.05) is 11.5 Å². The Morgan fingerprint density at radius 3 is 2.59 bits per heavy atom. The van der Waals surface area contributed by atoms with Gasteiger partial charge in [-0.25, -0.2) is 22.1 Å². The van der Waals surface area contributed by atoms with Crippen LogP contribution in [0.3, 0.4) is 0 Å². The molecule has 9 heteroatoms. The molecule has 0 radical (unpaired) electrons. The van der Waals surface area contributed by atoms with E-state index in [-0.39, 0.29) is 17.3 Å². The van der Waals surface area contributed by atoms with E-state index in [0.29, 0.717) is 28.1 Å². The number of sulfonamides is 1. The molecular formula is C18H19BrFN3O3S. The standard InChI is InChI=1S/C18H19BrFN3O3S/c1-4-23-16-7-6-13(27(24,25)22(2)3)10-15(16)21-18(23)11-26-17-8-5-12(20)9-14(17)19/h5-10H,4,11H2,1-3H3. The van der Waals surface area contributed by atoms with Gasteiger partial charge < -0.3 is 9.30 Å². The van der Waals surface area contributed by atoms with Crippen molar-refractivity contribution >= 4 is 37.0 Å². The van der Waals surface area contributed by atoms with Crippen molar-refractivity contribution in [1.29, 1.82) is 0 Å². The Hall–Kier alpha value is -1.97. The molecule has 0 aliphatic rings. The summed E-state index contributed by atoms with van der Waals surface area (Å²) in [5.74, 6) is 0.801. The summed E-state index contributed by atoms with van der Waals surface area (Å²) < 4.78 is 47.3. The fraction of sp³-hybridized carbons (Fsp3) is 0.278. The molecule has 0 aliphatic carbocycles. The Labute approximate surface area is 165 Å². The molecule has 27 heavy (non-hydrogen) atoms. The largest absolute Gasteiger partial charge is 0.484 e. The summed E-state index contributed by atoms with van der Waals surface area (Å²) in [6.45, 7) is 2.80. The van der Waals surface area contributed by atoms with Gasteiger partial charge in [-0.05, 0) is 59.3 Å². The van der Waals surface area contributed by atoms with E-state index in [2.05, 4.69) is 20.9 Å². The summed E-state index contributed by atoms with van der Waals surface area (Å²) in [5.41, 5.74) is 1.41. The zero-order valence-electron chi connectivity index (χ0n) is 15.1. The highest BCUT2D eigenvalue weighted by Gasteiger charge is 2.19. The predicted molar refractivity (Wildman–Crippen MR) is 105 cm³/mol. The highest BCUT2D eigenvalue weighted by Crippen LogP contribution is 2.27. The number of nitrogens with zero attached hydrogens (tertiary/aromatic N) is 3. The highest BCUT2D eigenvalue weighted by molar-refractivity contribution is 9.10. The molecule has 144 valence electrons. The molecule has 3 aromatic rings. The monoisotopic (exact) mass is 455 g/mol. The number of halogens is 2. The Morgan fingerprint density at radius 2 is 1.96 bits per heavy atom. The van der Waals surface area contributed by atoms with Gasteiger partial charge in [-0.2, -0.15) is 0 Å². The lowest BCUT2D eigenvalue weighted by molar-refractivity contribution is 0.288. The molecule has 0 N–H and O–H groups in total. The van der Waals surface area contributed by atoms with Gasteiger partial charge in [-0.15, -0.1) is 0 Å². The van der Waals surface area contributed by atoms with Crippen LogP contribution in [-0.4, -0.2) is 36.4 Å². The highest BCUT2D eigenvalue weighted by atomic mass is 79.9. The lowest BCUT2D eigenvalue weighted by Gasteiger charge is -2.11. The van der Waals surface area contributed by atoms with Crippen molar-refractivity contribution in [2.24, 2.45) is 0 Å². The van der Waals surface area contributed by atoms with Gasteiger partial charge in [-0.1, -0.05) is 0 Å². The van der Waals surface area contributed by atoms with Gasteiger partial charge in [0.15, 0.2) is 0 Å². The molecule has 0 bridgehead atoms. The second-order valence-corrected chi connectivity index (χ2v) is 9.08. The van der Waals surface area contributed by atoms with Crippen molar-refractivity contribution in [2.45, 2.75) is 25.0 Å². The van der Waals surface area contributed by atoms with Crippen LogP contribution in [0.25, 0.3) is 11.0 Å². The molecule has 2 aromatic carbocycles. The van der Waals surface area contributed by atoms with E-state index in [0.717, 1.165) is 5.52 Å². The molecule has 0 unspecified atom stereocenters. The van der Waals surface area contributed by atoms with E-state index >= 15 is 0 Å². The van der Waals surface area contributed by atoms with Crippen LogP contribution < -0.4 is 4.74 Å². The maximum atomic E-state index is 13.2. The van der Waals surface area contributed by atoms with Crippen LogP contribution in [0.1, 0.15) is 12.7 Å². The van der Waals surface area contributed by atoms with Gasteiger partial charge in [0, 0.05) is 20.6 Å². The van der Waals surface area contributed by atoms with Crippen molar-refractivity contribution in [3.05, 3.63) is 52.5 Å². The summed E-state index contributed by atoms with van der Waals surface area (Å²) in [7, 11) is -0.552. The molecule has 3 rings (SSSR count). The number of benzene rings is 2. The number of hydrogen-bond donors (Lipinski definition) is 0. The first kappa shape index (κ1) is 19.8. The van der Waals surface area contributed by atoms with E-state index in [4.69, 9.17) is 4.74 Å². The van der Waals surface area contributed by atoms with E-state index in [1.165, 1.54) is 30.5 Å². The lowest BCUT2D eigenvalue weighted by Crippen LogP contribution is -2.22. The van der Waals surface area contributed by atoms with Crippen molar-refractivity contribution < 1.29 is 17.5 Å². The van der Waals surface area contributed by atoms with Gasteiger partial charge in [-0.3, -0.25) is 0 Å². The number of imidazole rings is 1. The first-order valence-corrected chi connectivity index (χ1v) is 10.5. The van der Waals surface area contributed by atoms with E-state index in [9.17, 15) is 12.8 Å². The number of rotatable bonds is 6. The molecule has 1 aromatic heterocycles. The zero-order valence-corrected chi connectivity index (χ0v) is 17.5. The Balaban J connectivity index is 1.96. The van der Waals surface area contributed by atoms with E-state index in [1.54, 1.807) is 24.3 Å². The minimum absolute atomic E-state index is 0.169. The molecule has 0 atom stereocenters. The van der Waals surface area contributed by atoms with Crippen LogP contribution in [-0.2, 0) is 23.2 Å². The number of aromatic nitrogens is 2. The van der Waals surface area contributed by atoms with Crippen LogP contribution in [0.4, 0.5) is 4.39 Å². The molecule has 0 aliphatic heterocycles. The molecule has 0 spiro atoms. The van der Waals surface area contributed by atoms with Crippen molar-refractivity contribution in [1.82, 2.24) is 13.9 Å². The van der Waals surface area contributed by atoms with Gasteiger partial charge in [0.2, 0.25) is 10.0 Å². The van der Waals surface area contributed by atoms with Crippen LogP contribution in [0, 0.1) is 5.82 Å². The summed E-state index contributed by atoms with van der Waals surface area (Å²) >= 11 is 3.27. The quantitative estimate of drug-likeness (QED) is 0.567. The Bertz CT molecular complexity index is 1100. The molecule has 0 saturated carbocycles. The minimum atomic E-state index is -3.53. The second kappa shape index (κ2) is 7.57. The van der Waals surface area contributed by atoms with Gasteiger partial charge in [0.25, 0.3) is 0 Å².